The lowest BCUT2D eigenvalue weighted by Crippen LogP contribution is -2.32. The van der Waals surface area contributed by atoms with Crippen LogP contribution in [0.1, 0.15) is 31.0 Å². The van der Waals surface area contributed by atoms with Crippen molar-refractivity contribution in [1.29, 1.82) is 0 Å². The van der Waals surface area contributed by atoms with Crippen LogP contribution in [0.15, 0.2) is 0 Å². The Morgan fingerprint density at radius 1 is 1.38 bits per heavy atom. The van der Waals surface area contributed by atoms with Crippen LogP contribution >= 0.6 is 0 Å². The smallest absolute Gasteiger partial charge is 0.126 e. The van der Waals surface area contributed by atoms with Gasteiger partial charge in [-0.05, 0) is 38.8 Å². The van der Waals surface area contributed by atoms with Crippen molar-refractivity contribution in [1.82, 2.24) is 14.7 Å². The minimum Gasteiger partial charge on any atom is -0.384 e. The zero-order chi connectivity index (χ0) is 11.7. The highest BCUT2D eigenvalue weighted by atomic mass is 15.3. The maximum absolute atomic E-state index is 6.02. The van der Waals surface area contributed by atoms with Crippen molar-refractivity contribution >= 4 is 5.82 Å². The van der Waals surface area contributed by atoms with Gasteiger partial charge in [0.1, 0.15) is 5.82 Å². The molecule has 0 atom stereocenters. The molecule has 0 aromatic carbocycles. The lowest BCUT2D eigenvalue weighted by Gasteiger charge is -2.30. The van der Waals surface area contributed by atoms with Crippen LogP contribution in [0.5, 0.6) is 0 Å². The summed E-state index contributed by atoms with van der Waals surface area (Å²) in [6.45, 7) is 7.71. The largest absolute Gasteiger partial charge is 0.384 e. The van der Waals surface area contributed by atoms with Crippen molar-refractivity contribution in [2.24, 2.45) is 13.0 Å². The average Bonchev–Trinajstić information content (AvgIpc) is 2.48. The topological polar surface area (TPSA) is 47.1 Å². The Kier molecular flexibility index (Phi) is 3.19. The third-order valence-electron chi connectivity index (χ3n) is 3.65. The zero-order valence-electron chi connectivity index (χ0n) is 10.5. The van der Waals surface area contributed by atoms with E-state index in [2.05, 4.69) is 16.9 Å². The summed E-state index contributed by atoms with van der Waals surface area (Å²) in [6.07, 6.45) is 2.61. The van der Waals surface area contributed by atoms with Crippen LogP contribution < -0.4 is 5.73 Å². The van der Waals surface area contributed by atoms with Gasteiger partial charge in [0.2, 0.25) is 0 Å². The van der Waals surface area contributed by atoms with Crippen LogP contribution in [0.25, 0.3) is 0 Å². The molecule has 16 heavy (non-hydrogen) atoms. The number of nitrogens with zero attached hydrogens (tertiary/aromatic N) is 3. The molecule has 1 saturated heterocycles. The summed E-state index contributed by atoms with van der Waals surface area (Å²) in [5.74, 6) is 1.69. The van der Waals surface area contributed by atoms with Gasteiger partial charge in [-0.2, -0.15) is 5.10 Å². The van der Waals surface area contributed by atoms with Crippen LogP contribution in [0.2, 0.25) is 0 Å². The first kappa shape index (κ1) is 11.5. The van der Waals surface area contributed by atoms with Crippen LogP contribution in [0.4, 0.5) is 5.82 Å². The summed E-state index contributed by atoms with van der Waals surface area (Å²) in [5.41, 5.74) is 8.30. The number of aryl methyl sites for hydroxylation is 2. The Labute approximate surface area is 97.4 Å². The van der Waals surface area contributed by atoms with E-state index in [0.717, 1.165) is 24.0 Å². The number of likely N-dealkylation sites (tertiary alicyclic amines) is 1. The molecule has 4 nitrogen and oxygen atoms in total. The number of aromatic nitrogens is 2. The molecule has 1 aromatic heterocycles. The fraction of sp³-hybridized carbons (Fsp3) is 0.750. The third-order valence-corrected chi connectivity index (χ3v) is 3.65. The fourth-order valence-corrected chi connectivity index (χ4v) is 2.36. The molecule has 1 aliphatic rings. The van der Waals surface area contributed by atoms with E-state index in [9.17, 15) is 0 Å². The quantitative estimate of drug-likeness (QED) is 0.825. The van der Waals surface area contributed by atoms with E-state index < -0.39 is 0 Å². The van der Waals surface area contributed by atoms with Crippen LogP contribution in [0.3, 0.4) is 0 Å². The number of nitrogen functional groups attached to an aromatic ring is 1. The standard InChI is InChI=1S/C12H22N4/c1-9-4-6-16(7-5-9)8-11-10(2)14-15(3)12(11)13/h9H,4-8,13H2,1-3H3. The van der Waals surface area contributed by atoms with E-state index >= 15 is 0 Å². The Balaban J connectivity index is 2.03. The molecule has 0 saturated carbocycles. The van der Waals surface area contributed by atoms with Gasteiger partial charge in [-0.1, -0.05) is 6.92 Å². The second-order valence-electron chi connectivity index (χ2n) is 5.03. The highest BCUT2D eigenvalue weighted by Gasteiger charge is 2.19. The van der Waals surface area contributed by atoms with Gasteiger partial charge in [0, 0.05) is 19.2 Å². The predicted octanol–water partition coefficient (Wildman–Crippen LogP) is 1.54. The molecule has 1 aromatic rings. The molecule has 2 heterocycles. The summed E-state index contributed by atoms with van der Waals surface area (Å²) < 4.78 is 1.78. The van der Waals surface area contributed by atoms with Crippen LogP contribution in [-0.4, -0.2) is 27.8 Å². The van der Waals surface area contributed by atoms with E-state index in [-0.39, 0.29) is 0 Å². The van der Waals surface area contributed by atoms with Gasteiger partial charge in [0.05, 0.1) is 5.69 Å². The molecule has 0 spiro atoms. The molecule has 0 amide bonds. The maximum Gasteiger partial charge on any atom is 0.126 e. The van der Waals surface area contributed by atoms with Gasteiger partial charge in [0.25, 0.3) is 0 Å². The number of rotatable bonds is 2. The SMILES string of the molecule is Cc1nn(C)c(N)c1CN1CCC(C)CC1. The van der Waals surface area contributed by atoms with E-state index in [4.69, 9.17) is 5.73 Å². The Bertz CT molecular complexity index is 361. The second kappa shape index (κ2) is 4.45. The first-order valence-electron chi connectivity index (χ1n) is 6.08. The fourth-order valence-electron chi connectivity index (χ4n) is 2.36. The molecule has 4 heteroatoms. The summed E-state index contributed by atoms with van der Waals surface area (Å²) in [4.78, 5) is 2.49. The second-order valence-corrected chi connectivity index (χ2v) is 5.03. The number of anilines is 1. The van der Waals surface area contributed by atoms with E-state index in [0.29, 0.717) is 0 Å². The molecule has 1 fully saturated rings. The molecule has 2 rings (SSSR count). The molecular weight excluding hydrogens is 200 g/mol. The first-order valence-corrected chi connectivity index (χ1v) is 6.08. The number of piperidine rings is 1. The van der Waals surface area contributed by atoms with E-state index in [1.807, 2.05) is 14.0 Å². The van der Waals surface area contributed by atoms with Crippen molar-refractivity contribution in [2.75, 3.05) is 18.8 Å². The number of hydrogen-bond donors (Lipinski definition) is 1. The van der Waals surface area contributed by atoms with Gasteiger partial charge >= 0.3 is 0 Å². The van der Waals surface area contributed by atoms with E-state index in [1.54, 1.807) is 4.68 Å². The molecule has 1 aliphatic heterocycles. The lowest BCUT2D eigenvalue weighted by molar-refractivity contribution is 0.185. The Morgan fingerprint density at radius 2 is 2.00 bits per heavy atom. The highest BCUT2D eigenvalue weighted by molar-refractivity contribution is 5.42. The predicted molar refractivity (Wildman–Crippen MR) is 66.0 cm³/mol. The Morgan fingerprint density at radius 3 is 2.50 bits per heavy atom. The van der Waals surface area contributed by atoms with Gasteiger partial charge < -0.3 is 5.73 Å². The highest BCUT2D eigenvalue weighted by Crippen LogP contribution is 2.22. The van der Waals surface area contributed by atoms with Crippen molar-refractivity contribution in [2.45, 2.75) is 33.2 Å². The third kappa shape index (κ3) is 2.21. The minimum atomic E-state index is 0.816. The number of hydrogen-bond acceptors (Lipinski definition) is 3. The van der Waals surface area contributed by atoms with E-state index in [1.165, 1.54) is 31.5 Å². The summed E-state index contributed by atoms with van der Waals surface area (Å²) in [7, 11) is 1.91. The molecule has 0 aliphatic carbocycles. The zero-order valence-corrected chi connectivity index (χ0v) is 10.5. The molecule has 0 bridgehead atoms. The Hall–Kier alpha value is -1.03. The van der Waals surface area contributed by atoms with Crippen molar-refractivity contribution in [3.63, 3.8) is 0 Å². The van der Waals surface area contributed by atoms with Crippen LogP contribution in [0, 0.1) is 12.8 Å². The molecular formula is C12H22N4. The molecule has 0 unspecified atom stereocenters. The van der Waals surface area contributed by atoms with Gasteiger partial charge in [-0.25, -0.2) is 0 Å². The minimum absolute atomic E-state index is 0.816. The summed E-state index contributed by atoms with van der Waals surface area (Å²) >= 11 is 0. The average molecular weight is 222 g/mol. The van der Waals surface area contributed by atoms with Gasteiger partial charge in [-0.3, -0.25) is 9.58 Å². The van der Waals surface area contributed by atoms with Crippen molar-refractivity contribution in [3.8, 4) is 0 Å². The van der Waals surface area contributed by atoms with Crippen molar-refractivity contribution < 1.29 is 0 Å². The number of nitrogens with two attached hydrogens (primary N) is 1. The monoisotopic (exact) mass is 222 g/mol. The summed E-state index contributed by atoms with van der Waals surface area (Å²) in [6, 6.07) is 0. The van der Waals surface area contributed by atoms with Crippen LogP contribution in [-0.2, 0) is 13.6 Å². The lowest BCUT2D eigenvalue weighted by atomic mass is 9.99. The maximum atomic E-state index is 6.02. The first-order chi connectivity index (χ1) is 7.58. The summed E-state index contributed by atoms with van der Waals surface area (Å²) in [5, 5.41) is 4.36. The van der Waals surface area contributed by atoms with Gasteiger partial charge in [-0.15, -0.1) is 0 Å². The molecule has 2 N–H and O–H groups in total. The van der Waals surface area contributed by atoms with Crippen molar-refractivity contribution in [3.05, 3.63) is 11.3 Å². The molecule has 90 valence electrons. The molecule has 0 radical (unpaired) electrons. The van der Waals surface area contributed by atoms with Gasteiger partial charge in [0.15, 0.2) is 0 Å². The normalized spacial score (nSPS) is 19.2.